The van der Waals surface area contributed by atoms with Crippen LogP contribution in [0.25, 0.3) is 0 Å². The maximum atomic E-state index is 12.6. The smallest absolute Gasteiger partial charge is 0.256 e. The number of carbonyl (C=O) groups is 1. The summed E-state index contributed by atoms with van der Waals surface area (Å²) in [5, 5.41) is 0. The average molecular weight is 263 g/mol. The van der Waals surface area contributed by atoms with Gasteiger partial charge in [-0.25, -0.2) is 0 Å². The van der Waals surface area contributed by atoms with Gasteiger partial charge in [0.15, 0.2) is 0 Å². The molecule has 104 valence electrons. The summed E-state index contributed by atoms with van der Waals surface area (Å²) < 4.78 is 10.8. The van der Waals surface area contributed by atoms with Crippen LogP contribution in [-0.4, -0.2) is 37.9 Å². The number of amides is 1. The van der Waals surface area contributed by atoms with Crippen molar-refractivity contribution < 1.29 is 14.3 Å². The first kappa shape index (κ1) is 14.0. The molecule has 1 aromatic carbocycles. The van der Waals surface area contributed by atoms with Gasteiger partial charge in [0.2, 0.25) is 0 Å². The first-order chi connectivity index (χ1) is 9.24. The minimum absolute atomic E-state index is 0.00329. The van der Waals surface area contributed by atoms with Gasteiger partial charge in [0.1, 0.15) is 6.10 Å². The SMILES string of the molecule is CCO[C@@H](C)C(=O)N(c1ccccc1)[C@@H]1CCOC1. The third-order valence-electron chi connectivity index (χ3n) is 3.31. The molecule has 1 saturated heterocycles. The first-order valence-electron chi connectivity index (χ1n) is 6.81. The number of rotatable bonds is 5. The first-order valence-corrected chi connectivity index (χ1v) is 6.81. The van der Waals surface area contributed by atoms with Crippen molar-refractivity contribution in [3.05, 3.63) is 30.3 Å². The Bertz CT molecular complexity index is 401. The van der Waals surface area contributed by atoms with E-state index in [0.29, 0.717) is 19.8 Å². The van der Waals surface area contributed by atoms with Gasteiger partial charge in [-0.1, -0.05) is 18.2 Å². The summed E-state index contributed by atoms with van der Waals surface area (Å²) in [6.45, 7) is 5.55. The van der Waals surface area contributed by atoms with Crippen molar-refractivity contribution in [1.82, 2.24) is 0 Å². The second-order valence-electron chi connectivity index (χ2n) is 4.66. The highest BCUT2D eigenvalue weighted by atomic mass is 16.5. The molecule has 0 N–H and O–H groups in total. The predicted octanol–water partition coefficient (Wildman–Crippen LogP) is 2.23. The van der Waals surface area contributed by atoms with Crippen LogP contribution < -0.4 is 4.90 Å². The Morgan fingerprint density at radius 1 is 1.47 bits per heavy atom. The van der Waals surface area contributed by atoms with E-state index >= 15 is 0 Å². The zero-order valence-electron chi connectivity index (χ0n) is 11.5. The molecular formula is C15H21NO3. The van der Waals surface area contributed by atoms with Gasteiger partial charge in [0.25, 0.3) is 5.91 Å². The maximum absolute atomic E-state index is 12.6. The highest BCUT2D eigenvalue weighted by Crippen LogP contribution is 2.23. The van der Waals surface area contributed by atoms with Gasteiger partial charge >= 0.3 is 0 Å². The Hall–Kier alpha value is -1.39. The van der Waals surface area contributed by atoms with E-state index in [4.69, 9.17) is 9.47 Å². The van der Waals surface area contributed by atoms with Crippen molar-refractivity contribution in [3.63, 3.8) is 0 Å². The zero-order chi connectivity index (χ0) is 13.7. The molecule has 1 aromatic rings. The van der Waals surface area contributed by atoms with E-state index in [1.165, 1.54) is 0 Å². The second kappa shape index (κ2) is 6.68. The molecule has 2 atom stereocenters. The van der Waals surface area contributed by atoms with E-state index in [-0.39, 0.29) is 11.9 Å². The van der Waals surface area contributed by atoms with Gasteiger partial charge in [-0.15, -0.1) is 0 Å². The number of hydrogen-bond donors (Lipinski definition) is 0. The Kier molecular flexibility index (Phi) is 4.93. The summed E-state index contributed by atoms with van der Waals surface area (Å²) in [4.78, 5) is 14.4. The maximum Gasteiger partial charge on any atom is 0.256 e. The number of hydrogen-bond acceptors (Lipinski definition) is 3. The molecule has 0 spiro atoms. The van der Waals surface area contributed by atoms with Crippen LogP contribution in [0.2, 0.25) is 0 Å². The van der Waals surface area contributed by atoms with Crippen LogP contribution in [0, 0.1) is 0 Å². The summed E-state index contributed by atoms with van der Waals surface area (Å²) in [6.07, 6.45) is 0.449. The number of nitrogens with zero attached hydrogens (tertiary/aromatic N) is 1. The topological polar surface area (TPSA) is 38.8 Å². The van der Waals surface area contributed by atoms with Crippen LogP contribution in [0.3, 0.4) is 0 Å². The molecule has 19 heavy (non-hydrogen) atoms. The van der Waals surface area contributed by atoms with Crippen molar-refractivity contribution >= 4 is 11.6 Å². The van der Waals surface area contributed by atoms with Gasteiger partial charge in [-0.05, 0) is 32.4 Å². The van der Waals surface area contributed by atoms with Gasteiger partial charge < -0.3 is 14.4 Å². The Morgan fingerprint density at radius 2 is 2.21 bits per heavy atom. The minimum atomic E-state index is -0.425. The molecular weight excluding hydrogens is 242 g/mol. The summed E-state index contributed by atoms with van der Waals surface area (Å²) in [5.41, 5.74) is 0.912. The molecule has 0 bridgehead atoms. The quantitative estimate of drug-likeness (QED) is 0.817. The lowest BCUT2D eigenvalue weighted by Gasteiger charge is -2.30. The van der Waals surface area contributed by atoms with E-state index in [9.17, 15) is 4.79 Å². The van der Waals surface area contributed by atoms with Crippen LogP contribution >= 0.6 is 0 Å². The number of ether oxygens (including phenoxy) is 2. The number of carbonyl (C=O) groups excluding carboxylic acids is 1. The molecule has 1 aliphatic heterocycles. The highest BCUT2D eigenvalue weighted by Gasteiger charge is 2.31. The number of benzene rings is 1. The minimum Gasteiger partial charge on any atom is -0.379 e. The monoisotopic (exact) mass is 263 g/mol. The van der Waals surface area contributed by atoms with E-state index < -0.39 is 6.10 Å². The van der Waals surface area contributed by atoms with Crippen molar-refractivity contribution in [3.8, 4) is 0 Å². The van der Waals surface area contributed by atoms with Gasteiger partial charge in [-0.2, -0.15) is 0 Å². The molecule has 1 fully saturated rings. The third-order valence-corrected chi connectivity index (χ3v) is 3.31. The third kappa shape index (κ3) is 3.33. The molecule has 4 heteroatoms. The van der Waals surface area contributed by atoms with Crippen LogP contribution in [0.5, 0.6) is 0 Å². The van der Waals surface area contributed by atoms with E-state index in [2.05, 4.69) is 0 Å². The highest BCUT2D eigenvalue weighted by molar-refractivity contribution is 5.97. The second-order valence-corrected chi connectivity index (χ2v) is 4.66. The summed E-state index contributed by atoms with van der Waals surface area (Å²) in [6, 6.07) is 9.85. The van der Waals surface area contributed by atoms with Crippen LogP contribution in [0.1, 0.15) is 20.3 Å². The molecule has 1 aliphatic rings. The zero-order valence-corrected chi connectivity index (χ0v) is 11.5. The number of para-hydroxylation sites is 1. The molecule has 0 unspecified atom stereocenters. The molecule has 1 amide bonds. The Morgan fingerprint density at radius 3 is 2.79 bits per heavy atom. The number of anilines is 1. The predicted molar refractivity (Wildman–Crippen MR) is 74.2 cm³/mol. The molecule has 2 rings (SSSR count). The van der Waals surface area contributed by atoms with Gasteiger partial charge in [0.05, 0.1) is 12.6 Å². The van der Waals surface area contributed by atoms with Crippen molar-refractivity contribution in [2.45, 2.75) is 32.4 Å². The molecule has 4 nitrogen and oxygen atoms in total. The average Bonchev–Trinajstić information content (AvgIpc) is 2.94. The molecule has 0 aliphatic carbocycles. The van der Waals surface area contributed by atoms with E-state index in [1.54, 1.807) is 6.92 Å². The summed E-state index contributed by atoms with van der Waals surface area (Å²) in [5.74, 6) is 0.00329. The van der Waals surface area contributed by atoms with Crippen molar-refractivity contribution in [2.24, 2.45) is 0 Å². The van der Waals surface area contributed by atoms with Crippen LogP contribution in [0.4, 0.5) is 5.69 Å². The van der Waals surface area contributed by atoms with Crippen LogP contribution in [0.15, 0.2) is 30.3 Å². The lowest BCUT2D eigenvalue weighted by molar-refractivity contribution is -0.129. The van der Waals surface area contributed by atoms with Crippen molar-refractivity contribution in [1.29, 1.82) is 0 Å². The molecule has 0 saturated carbocycles. The largest absolute Gasteiger partial charge is 0.379 e. The molecule has 0 aromatic heterocycles. The lowest BCUT2D eigenvalue weighted by Crippen LogP contribution is -2.46. The summed E-state index contributed by atoms with van der Waals surface area (Å²) in [7, 11) is 0. The van der Waals surface area contributed by atoms with Gasteiger partial charge in [-0.3, -0.25) is 4.79 Å². The normalized spacial score (nSPS) is 20.2. The summed E-state index contributed by atoms with van der Waals surface area (Å²) >= 11 is 0. The van der Waals surface area contributed by atoms with E-state index in [1.807, 2.05) is 42.2 Å². The lowest BCUT2D eigenvalue weighted by atomic mass is 10.1. The standard InChI is InChI=1S/C15H21NO3/c1-3-19-12(2)15(17)16(14-9-10-18-11-14)13-7-5-4-6-8-13/h4-8,12,14H,3,9-11H2,1-2H3/t12-,14+/m0/s1. The molecule has 0 radical (unpaired) electrons. The fourth-order valence-corrected chi connectivity index (χ4v) is 2.35. The fraction of sp³-hybridized carbons (Fsp3) is 0.533. The van der Waals surface area contributed by atoms with Crippen LogP contribution in [-0.2, 0) is 14.3 Å². The fourth-order valence-electron chi connectivity index (χ4n) is 2.35. The Labute approximate surface area is 114 Å². The Balaban J connectivity index is 2.21. The van der Waals surface area contributed by atoms with E-state index in [0.717, 1.165) is 12.1 Å². The van der Waals surface area contributed by atoms with Crippen molar-refractivity contribution in [2.75, 3.05) is 24.7 Å². The molecule has 1 heterocycles. The van der Waals surface area contributed by atoms with Gasteiger partial charge in [0, 0.05) is 18.9 Å².